The highest BCUT2D eigenvalue weighted by Crippen LogP contribution is 2.33. The van der Waals surface area contributed by atoms with Crippen LogP contribution in [-0.2, 0) is 9.63 Å². The molecule has 2 fully saturated rings. The van der Waals surface area contributed by atoms with Crippen molar-refractivity contribution >= 4 is 12.0 Å². The second-order valence-electron chi connectivity index (χ2n) is 5.78. The van der Waals surface area contributed by atoms with Gasteiger partial charge in [0.2, 0.25) is 5.91 Å². The summed E-state index contributed by atoms with van der Waals surface area (Å²) in [7, 11) is 0. The number of halogens is 1. The topological polar surface area (TPSA) is 83.0 Å². The molecule has 3 rings (SSSR count). The Morgan fingerprint density at radius 3 is 2.65 bits per heavy atom. The van der Waals surface area contributed by atoms with E-state index in [0.29, 0.717) is 44.5 Å². The highest BCUT2D eigenvalue weighted by molar-refractivity contribution is 5.79. The maximum absolute atomic E-state index is 13.4. The van der Waals surface area contributed by atoms with Gasteiger partial charge < -0.3 is 10.0 Å². The number of carboxylic acid groups (broad SMARTS) is 1. The lowest BCUT2D eigenvalue weighted by Crippen LogP contribution is -2.43. The molecule has 3 heterocycles. The molecule has 2 saturated heterocycles. The molecule has 2 amide bonds. The Labute approximate surface area is 132 Å². The molecule has 0 aromatic carbocycles. The van der Waals surface area contributed by atoms with E-state index in [-0.39, 0.29) is 17.9 Å². The molecule has 2 aliphatic heterocycles. The lowest BCUT2D eigenvalue weighted by Gasteiger charge is -2.32. The van der Waals surface area contributed by atoms with Crippen molar-refractivity contribution in [3.63, 3.8) is 0 Å². The Hall–Kier alpha value is -2.22. The van der Waals surface area contributed by atoms with Gasteiger partial charge in [0.1, 0.15) is 5.82 Å². The molecule has 8 heteroatoms. The summed E-state index contributed by atoms with van der Waals surface area (Å²) in [6.45, 7) is 1.07. The Morgan fingerprint density at radius 2 is 2.00 bits per heavy atom. The van der Waals surface area contributed by atoms with E-state index in [1.165, 1.54) is 22.2 Å². The van der Waals surface area contributed by atoms with Crippen molar-refractivity contribution in [1.82, 2.24) is 14.9 Å². The molecule has 0 spiro atoms. The van der Waals surface area contributed by atoms with Gasteiger partial charge in [0, 0.05) is 31.6 Å². The van der Waals surface area contributed by atoms with Gasteiger partial charge in [-0.2, -0.15) is 0 Å². The molecular weight excluding hydrogens is 305 g/mol. The molecule has 2 aliphatic rings. The van der Waals surface area contributed by atoms with Gasteiger partial charge in [-0.3, -0.25) is 14.6 Å². The number of carbonyl (C=O) groups is 2. The number of piperidine rings is 1. The van der Waals surface area contributed by atoms with Crippen molar-refractivity contribution in [2.45, 2.75) is 25.3 Å². The molecule has 1 atom stereocenters. The minimum absolute atomic E-state index is 0.165. The zero-order chi connectivity index (χ0) is 16.4. The van der Waals surface area contributed by atoms with Crippen LogP contribution in [-0.4, -0.2) is 51.8 Å². The fraction of sp³-hybridized carbons (Fsp3) is 0.533. The van der Waals surface area contributed by atoms with Gasteiger partial charge in [-0.15, -0.1) is 0 Å². The van der Waals surface area contributed by atoms with Crippen molar-refractivity contribution in [2.75, 3.05) is 19.7 Å². The zero-order valence-corrected chi connectivity index (χ0v) is 12.5. The van der Waals surface area contributed by atoms with Crippen molar-refractivity contribution in [3.05, 3.63) is 29.8 Å². The first-order chi connectivity index (χ1) is 11.1. The maximum Gasteiger partial charge on any atom is 0.407 e. The minimum atomic E-state index is -0.961. The molecule has 0 unspecified atom stereocenters. The summed E-state index contributed by atoms with van der Waals surface area (Å²) in [5.41, 5.74) is 0.610. The van der Waals surface area contributed by atoms with Crippen molar-refractivity contribution in [2.24, 2.45) is 5.92 Å². The molecule has 1 N–H and O–H groups in total. The van der Waals surface area contributed by atoms with Gasteiger partial charge >= 0.3 is 6.09 Å². The van der Waals surface area contributed by atoms with Gasteiger partial charge in [0.05, 0.1) is 18.8 Å². The van der Waals surface area contributed by atoms with Gasteiger partial charge in [-0.25, -0.2) is 14.2 Å². The Kier molecular flexibility index (Phi) is 4.42. The predicted molar refractivity (Wildman–Crippen MR) is 76.7 cm³/mol. The van der Waals surface area contributed by atoms with Crippen LogP contribution in [0.4, 0.5) is 9.18 Å². The summed E-state index contributed by atoms with van der Waals surface area (Å²) in [4.78, 5) is 34.2. The van der Waals surface area contributed by atoms with E-state index in [4.69, 9.17) is 9.94 Å². The summed E-state index contributed by atoms with van der Waals surface area (Å²) < 4.78 is 13.4. The molecule has 124 valence electrons. The third-order valence-corrected chi connectivity index (χ3v) is 4.35. The van der Waals surface area contributed by atoms with Crippen LogP contribution in [0.15, 0.2) is 18.5 Å². The minimum Gasteiger partial charge on any atom is -0.465 e. The van der Waals surface area contributed by atoms with E-state index >= 15 is 0 Å². The number of carbonyl (C=O) groups excluding carboxylic acids is 1. The van der Waals surface area contributed by atoms with Crippen LogP contribution in [0, 0.1) is 11.7 Å². The van der Waals surface area contributed by atoms with Crippen molar-refractivity contribution in [3.8, 4) is 0 Å². The summed E-state index contributed by atoms with van der Waals surface area (Å²) >= 11 is 0. The standard InChI is InChI=1S/C15H18FN3O4/c16-12-7-11(8-17-9-12)13-3-6-23-19(13)14(20)10-1-4-18(5-2-10)15(21)22/h7-10,13H,1-6H2,(H,21,22)/t13-/m0/s1. The average Bonchev–Trinajstić information content (AvgIpc) is 3.04. The van der Waals surface area contributed by atoms with Gasteiger partial charge in [-0.05, 0) is 24.5 Å². The number of hydrogen-bond donors (Lipinski definition) is 1. The summed E-state index contributed by atoms with van der Waals surface area (Å²) in [6, 6.07) is 1.02. The molecular formula is C15H18FN3O4. The van der Waals surface area contributed by atoms with Crippen molar-refractivity contribution < 1.29 is 23.9 Å². The third kappa shape index (κ3) is 3.26. The summed E-state index contributed by atoms with van der Waals surface area (Å²) in [5.74, 6) is -0.883. The number of nitrogens with zero attached hydrogens (tertiary/aromatic N) is 3. The molecule has 0 saturated carbocycles. The van der Waals surface area contributed by atoms with E-state index < -0.39 is 11.9 Å². The predicted octanol–water partition coefficient (Wildman–Crippen LogP) is 1.82. The fourth-order valence-electron chi connectivity index (χ4n) is 3.10. The van der Waals surface area contributed by atoms with Crippen LogP contribution in [0.5, 0.6) is 0 Å². The SMILES string of the molecule is O=C(O)N1CCC(C(=O)N2OCC[C@H]2c2cncc(F)c2)CC1. The van der Waals surface area contributed by atoms with E-state index in [1.807, 2.05) is 0 Å². The molecule has 1 aromatic rings. The number of hydrogen-bond acceptors (Lipinski definition) is 4. The largest absolute Gasteiger partial charge is 0.465 e. The highest BCUT2D eigenvalue weighted by atomic mass is 19.1. The molecule has 0 aliphatic carbocycles. The lowest BCUT2D eigenvalue weighted by molar-refractivity contribution is -0.183. The number of rotatable bonds is 2. The molecule has 0 bridgehead atoms. The fourth-order valence-corrected chi connectivity index (χ4v) is 3.10. The first-order valence-electron chi connectivity index (χ1n) is 7.60. The van der Waals surface area contributed by atoms with Gasteiger partial charge in [-0.1, -0.05) is 0 Å². The van der Waals surface area contributed by atoms with E-state index in [9.17, 15) is 14.0 Å². The molecule has 0 radical (unpaired) electrons. The van der Waals surface area contributed by atoms with Crippen molar-refractivity contribution in [1.29, 1.82) is 0 Å². The van der Waals surface area contributed by atoms with Gasteiger partial charge in [0.25, 0.3) is 0 Å². The first-order valence-corrected chi connectivity index (χ1v) is 7.60. The molecule has 1 aromatic heterocycles. The maximum atomic E-state index is 13.4. The third-order valence-electron chi connectivity index (χ3n) is 4.35. The number of aromatic nitrogens is 1. The monoisotopic (exact) mass is 323 g/mol. The van der Waals surface area contributed by atoms with E-state index in [0.717, 1.165) is 6.20 Å². The van der Waals surface area contributed by atoms with Crippen LogP contribution in [0.2, 0.25) is 0 Å². The summed E-state index contributed by atoms with van der Waals surface area (Å²) in [6.07, 6.45) is 3.23. The van der Waals surface area contributed by atoms with E-state index in [2.05, 4.69) is 4.98 Å². The zero-order valence-electron chi connectivity index (χ0n) is 12.5. The number of hydroxylamine groups is 2. The van der Waals surface area contributed by atoms with Gasteiger partial charge in [0.15, 0.2) is 0 Å². The quantitative estimate of drug-likeness (QED) is 0.897. The van der Waals surface area contributed by atoms with Crippen LogP contribution in [0.25, 0.3) is 0 Å². The van der Waals surface area contributed by atoms with E-state index in [1.54, 1.807) is 0 Å². The number of amides is 2. The second-order valence-corrected chi connectivity index (χ2v) is 5.78. The van der Waals surface area contributed by atoms with Crippen LogP contribution >= 0.6 is 0 Å². The number of pyridine rings is 1. The van der Waals surface area contributed by atoms with Crippen LogP contribution in [0.1, 0.15) is 30.9 Å². The highest BCUT2D eigenvalue weighted by Gasteiger charge is 2.37. The lowest BCUT2D eigenvalue weighted by atomic mass is 9.95. The first kappa shape index (κ1) is 15.7. The normalized spacial score (nSPS) is 22.4. The smallest absolute Gasteiger partial charge is 0.407 e. The Bertz CT molecular complexity index is 604. The van der Waals surface area contributed by atoms with Crippen LogP contribution in [0.3, 0.4) is 0 Å². The average molecular weight is 323 g/mol. The number of likely N-dealkylation sites (tertiary alicyclic amines) is 1. The van der Waals surface area contributed by atoms with Crippen LogP contribution < -0.4 is 0 Å². The molecule has 23 heavy (non-hydrogen) atoms. The molecule has 7 nitrogen and oxygen atoms in total. The Balaban J connectivity index is 1.68. The second kappa shape index (κ2) is 6.49. The summed E-state index contributed by atoms with van der Waals surface area (Å²) in [5, 5.41) is 10.3. The Morgan fingerprint density at radius 1 is 1.26 bits per heavy atom.